The molecule has 0 radical (unpaired) electrons. The van der Waals surface area contributed by atoms with E-state index in [0.717, 1.165) is 25.9 Å². The third kappa shape index (κ3) is 1.81. The van der Waals surface area contributed by atoms with Crippen molar-refractivity contribution >= 4 is 12.0 Å². The van der Waals surface area contributed by atoms with Crippen LogP contribution in [0.15, 0.2) is 24.3 Å². The highest BCUT2D eigenvalue weighted by atomic mass is 16.6. The normalized spacial score (nSPS) is 39.2. The van der Waals surface area contributed by atoms with Gasteiger partial charge < -0.3 is 15.0 Å². The Morgan fingerprint density at radius 2 is 2.12 bits per heavy atom. The van der Waals surface area contributed by atoms with Crippen LogP contribution in [-0.2, 0) is 14.9 Å². The first-order valence-electron chi connectivity index (χ1n) is 8.83. The van der Waals surface area contributed by atoms with E-state index in [4.69, 9.17) is 4.74 Å². The molecule has 2 aliphatic heterocycles. The fourth-order valence-electron chi connectivity index (χ4n) is 4.99. The molecule has 3 unspecified atom stereocenters. The minimum absolute atomic E-state index is 0.114. The minimum Gasteiger partial charge on any atom is -0.447 e. The number of likely N-dealkylation sites (tertiary alicyclic amines) is 1. The van der Waals surface area contributed by atoms with Crippen LogP contribution in [0.1, 0.15) is 30.4 Å². The highest BCUT2D eigenvalue weighted by Gasteiger charge is 2.64. The molecule has 4 atom stereocenters. The fourth-order valence-corrected chi connectivity index (χ4v) is 4.99. The third-order valence-electron chi connectivity index (χ3n) is 6.74. The van der Waals surface area contributed by atoms with Crippen molar-refractivity contribution < 1.29 is 14.3 Å². The van der Waals surface area contributed by atoms with Gasteiger partial charge in [-0.3, -0.25) is 4.79 Å². The molecule has 0 bridgehead atoms. The lowest BCUT2D eigenvalue weighted by Gasteiger charge is -2.45. The Balaban J connectivity index is 1.32. The molecule has 2 heterocycles. The average Bonchev–Trinajstić information content (AvgIpc) is 2.92. The van der Waals surface area contributed by atoms with Crippen LogP contribution in [0.4, 0.5) is 4.79 Å². The van der Waals surface area contributed by atoms with E-state index in [2.05, 4.69) is 36.5 Å². The number of aryl methyl sites for hydroxylation is 1. The Morgan fingerprint density at radius 3 is 2.75 bits per heavy atom. The third-order valence-corrected chi connectivity index (χ3v) is 6.74. The van der Waals surface area contributed by atoms with E-state index < -0.39 is 5.54 Å². The van der Waals surface area contributed by atoms with Crippen molar-refractivity contribution in [3.8, 4) is 0 Å². The number of alkyl carbamates (subject to hydrolysis) is 1. The van der Waals surface area contributed by atoms with Gasteiger partial charge in [-0.25, -0.2) is 4.79 Å². The molecule has 1 aromatic carbocycles. The molecular formula is C19H22N2O3. The van der Waals surface area contributed by atoms with E-state index in [0.29, 0.717) is 12.5 Å². The van der Waals surface area contributed by atoms with Crippen molar-refractivity contribution in [3.05, 3.63) is 35.4 Å². The average molecular weight is 326 g/mol. The Kier molecular flexibility index (Phi) is 2.70. The van der Waals surface area contributed by atoms with Gasteiger partial charge in [-0.1, -0.05) is 29.8 Å². The Morgan fingerprint density at radius 1 is 1.33 bits per heavy atom. The number of ether oxygens (including phenoxy) is 1. The van der Waals surface area contributed by atoms with Crippen LogP contribution in [0.25, 0.3) is 0 Å². The molecule has 2 saturated carbocycles. The number of carbonyl (C=O) groups is 2. The predicted octanol–water partition coefficient (Wildman–Crippen LogP) is 1.98. The standard InChI is InChI=1S/C19H22N2O3/c1-12-2-4-13(5-3-12)18-8-14(18)9-21(10-18)16(22)15-6-7-19(15)11-24-17(23)20-19/h2-5,14-15H,6-11H2,1H3,(H,20,23)/t14?,15?,18-,19?/m0/s1. The van der Waals surface area contributed by atoms with Crippen molar-refractivity contribution in [3.63, 3.8) is 0 Å². The fraction of sp³-hybridized carbons (Fsp3) is 0.579. The van der Waals surface area contributed by atoms with E-state index in [1.165, 1.54) is 17.5 Å². The summed E-state index contributed by atoms with van der Waals surface area (Å²) >= 11 is 0. The van der Waals surface area contributed by atoms with Crippen LogP contribution in [0, 0.1) is 18.8 Å². The smallest absolute Gasteiger partial charge is 0.407 e. The second kappa shape index (κ2) is 4.52. The van der Waals surface area contributed by atoms with E-state index in [-0.39, 0.29) is 23.3 Å². The van der Waals surface area contributed by atoms with Crippen molar-refractivity contribution in [2.75, 3.05) is 19.7 Å². The van der Waals surface area contributed by atoms with E-state index >= 15 is 0 Å². The summed E-state index contributed by atoms with van der Waals surface area (Å²) in [5.74, 6) is 0.678. The quantitative estimate of drug-likeness (QED) is 0.904. The molecule has 2 saturated heterocycles. The van der Waals surface area contributed by atoms with Gasteiger partial charge in [-0.05, 0) is 37.7 Å². The lowest BCUT2D eigenvalue weighted by atomic mass is 9.66. The number of cyclic esters (lactones) is 1. The molecule has 1 aromatic rings. The van der Waals surface area contributed by atoms with Crippen molar-refractivity contribution in [2.45, 2.75) is 37.1 Å². The van der Waals surface area contributed by atoms with Gasteiger partial charge in [0.25, 0.3) is 0 Å². The maximum atomic E-state index is 13.0. The van der Waals surface area contributed by atoms with Gasteiger partial charge in [0, 0.05) is 18.5 Å². The largest absolute Gasteiger partial charge is 0.447 e. The first kappa shape index (κ1) is 14.3. The van der Waals surface area contributed by atoms with Crippen LogP contribution in [-0.4, -0.2) is 42.1 Å². The molecule has 4 aliphatic rings. The molecule has 5 heteroatoms. The van der Waals surface area contributed by atoms with Gasteiger partial charge in [0.2, 0.25) is 5.91 Å². The zero-order valence-electron chi connectivity index (χ0n) is 13.9. The first-order chi connectivity index (χ1) is 11.5. The molecular weight excluding hydrogens is 304 g/mol. The summed E-state index contributed by atoms with van der Waals surface area (Å²) in [5, 5.41) is 2.88. The van der Waals surface area contributed by atoms with Gasteiger partial charge in [-0.15, -0.1) is 0 Å². The summed E-state index contributed by atoms with van der Waals surface area (Å²) in [6.07, 6.45) is 2.50. The highest BCUT2D eigenvalue weighted by molar-refractivity contribution is 5.84. The Hall–Kier alpha value is -2.04. The van der Waals surface area contributed by atoms with Gasteiger partial charge in [-0.2, -0.15) is 0 Å². The van der Waals surface area contributed by atoms with Gasteiger partial charge in [0.1, 0.15) is 6.61 Å². The number of benzene rings is 1. The van der Waals surface area contributed by atoms with Crippen LogP contribution in [0.3, 0.4) is 0 Å². The molecule has 0 aromatic heterocycles. The lowest BCUT2D eigenvalue weighted by Crippen LogP contribution is -2.62. The van der Waals surface area contributed by atoms with Crippen LogP contribution < -0.4 is 5.32 Å². The van der Waals surface area contributed by atoms with Crippen LogP contribution >= 0.6 is 0 Å². The molecule has 1 spiro atoms. The summed E-state index contributed by atoms with van der Waals surface area (Å²) in [7, 11) is 0. The molecule has 4 fully saturated rings. The summed E-state index contributed by atoms with van der Waals surface area (Å²) in [6, 6.07) is 8.77. The predicted molar refractivity (Wildman–Crippen MR) is 87.5 cm³/mol. The van der Waals surface area contributed by atoms with Crippen LogP contribution in [0.2, 0.25) is 0 Å². The number of piperidine rings is 1. The first-order valence-corrected chi connectivity index (χ1v) is 8.83. The van der Waals surface area contributed by atoms with E-state index in [1.807, 2.05) is 4.90 Å². The second-order valence-corrected chi connectivity index (χ2v) is 8.09. The second-order valence-electron chi connectivity index (χ2n) is 8.09. The van der Waals surface area contributed by atoms with Gasteiger partial charge >= 0.3 is 6.09 Å². The molecule has 1 N–H and O–H groups in total. The Labute approximate surface area is 141 Å². The van der Waals surface area contributed by atoms with E-state index in [1.54, 1.807) is 0 Å². The number of amides is 2. The van der Waals surface area contributed by atoms with Crippen molar-refractivity contribution in [1.29, 1.82) is 0 Å². The number of hydrogen-bond donors (Lipinski definition) is 1. The molecule has 2 amide bonds. The Bertz CT molecular complexity index is 731. The number of hydrogen-bond acceptors (Lipinski definition) is 3. The van der Waals surface area contributed by atoms with Crippen molar-refractivity contribution in [2.24, 2.45) is 11.8 Å². The number of nitrogens with one attached hydrogen (secondary N) is 1. The lowest BCUT2D eigenvalue weighted by molar-refractivity contribution is -0.142. The number of nitrogens with zero attached hydrogens (tertiary/aromatic N) is 1. The highest BCUT2D eigenvalue weighted by Crippen LogP contribution is 2.59. The molecule has 2 aliphatic carbocycles. The summed E-state index contributed by atoms with van der Waals surface area (Å²) in [5.41, 5.74) is 2.38. The van der Waals surface area contributed by atoms with Crippen molar-refractivity contribution in [1.82, 2.24) is 10.2 Å². The number of rotatable bonds is 2. The monoisotopic (exact) mass is 326 g/mol. The maximum absolute atomic E-state index is 13.0. The van der Waals surface area contributed by atoms with E-state index in [9.17, 15) is 9.59 Å². The molecule has 5 rings (SSSR count). The van der Waals surface area contributed by atoms with Gasteiger partial charge in [0.15, 0.2) is 0 Å². The minimum atomic E-state index is -0.433. The SMILES string of the molecule is Cc1ccc([C@@]23CC2CN(C(=O)C2CCC24COC(=O)N4)C3)cc1. The summed E-state index contributed by atoms with van der Waals surface area (Å²) in [4.78, 5) is 26.4. The number of carbonyl (C=O) groups excluding carboxylic acids is 2. The van der Waals surface area contributed by atoms with Gasteiger partial charge in [0.05, 0.1) is 11.5 Å². The number of fused-ring (bicyclic) bond motifs is 1. The van der Waals surface area contributed by atoms with Crippen LogP contribution in [0.5, 0.6) is 0 Å². The summed E-state index contributed by atoms with van der Waals surface area (Å²) < 4.78 is 5.06. The zero-order chi connectivity index (χ0) is 16.5. The molecule has 24 heavy (non-hydrogen) atoms. The maximum Gasteiger partial charge on any atom is 0.407 e. The molecule has 126 valence electrons. The molecule has 5 nitrogen and oxygen atoms in total. The summed E-state index contributed by atoms with van der Waals surface area (Å²) in [6.45, 7) is 4.11. The topological polar surface area (TPSA) is 58.6 Å². The zero-order valence-corrected chi connectivity index (χ0v) is 13.9.